The Morgan fingerprint density at radius 2 is 1.96 bits per heavy atom. The average molecular weight is 393 g/mol. The topological polar surface area (TPSA) is 34.4 Å². The van der Waals surface area contributed by atoms with Crippen molar-refractivity contribution in [3.63, 3.8) is 0 Å². The molecule has 0 aliphatic carbocycles. The van der Waals surface area contributed by atoms with Crippen molar-refractivity contribution in [2.45, 2.75) is 11.4 Å². The van der Waals surface area contributed by atoms with E-state index in [1.807, 2.05) is 29.2 Å². The van der Waals surface area contributed by atoms with E-state index in [1.165, 1.54) is 23.5 Å². The molecule has 0 spiro atoms. The lowest BCUT2D eigenvalue weighted by Gasteiger charge is -2.03. The van der Waals surface area contributed by atoms with E-state index < -0.39 is 0 Å². The number of hydrogen-bond donors (Lipinski definition) is 0. The van der Waals surface area contributed by atoms with Gasteiger partial charge in [-0.15, -0.1) is 11.8 Å². The lowest BCUT2D eigenvalue weighted by Crippen LogP contribution is -2.18. The highest BCUT2D eigenvalue weighted by atomic mass is 32.2. The first-order valence-corrected chi connectivity index (χ1v) is 11.1. The molecule has 0 fully saturated rings. The summed E-state index contributed by atoms with van der Waals surface area (Å²) in [5, 5.41) is 0. The van der Waals surface area contributed by atoms with Crippen LogP contribution in [-0.2, 0) is 6.54 Å². The van der Waals surface area contributed by atoms with E-state index in [-0.39, 0.29) is 11.7 Å². The van der Waals surface area contributed by atoms with Crippen molar-refractivity contribution in [3.05, 3.63) is 58.6 Å². The SMILES string of the molecule is CSCCn1c(=NC(=O)c2ccc(SC)cc2)sc2cc(F)ccc21. The number of thiazole rings is 1. The van der Waals surface area contributed by atoms with Crippen LogP contribution in [0.4, 0.5) is 4.39 Å². The third-order valence-corrected chi connectivity index (χ3v) is 6.07. The molecular formula is C18H17FN2OS3. The summed E-state index contributed by atoms with van der Waals surface area (Å²) in [6.07, 6.45) is 4.02. The van der Waals surface area contributed by atoms with Gasteiger partial charge in [-0.1, -0.05) is 11.3 Å². The van der Waals surface area contributed by atoms with E-state index in [9.17, 15) is 9.18 Å². The van der Waals surface area contributed by atoms with Gasteiger partial charge >= 0.3 is 0 Å². The van der Waals surface area contributed by atoms with Crippen LogP contribution < -0.4 is 4.80 Å². The number of carbonyl (C=O) groups is 1. The fourth-order valence-corrected chi connectivity index (χ4v) is 4.27. The minimum absolute atomic E-state index is 0.280. The minimum Gasteiger partial charge on any atom is -0.316 e. The molecule has 0 bridgehead atoms. The van der Waals surface area contributed by atoms with Crippen LogP contribution in [0.3, 0.4) is 0 Å². The van der Waals surface area contributed by atoms with Crippen molar-refractivity contribution in [1.29, 1.82) is 0 Å². The van der Waals surface area contributed by atoms with Crippen molar-refractivity contribution in [2.24, 2.45) is 4.99 Å². The number of fused-ring (bicyclic) bond motifs is 1. The third kappa shape index (κ3) is 4.16. The second kappa shape index (κ2) is 8.21. The van der Waals surface area contributed by atoms with E-state index in [0.29, 0.717) is 10.4 Å². The Hall–Kier alpha value is -1.57. The number of amides is 1. The molecule has 1 heterocycles. The van der Waals surface area contributed by atoms with Crippen LogP contribution in [0.1, 0.15) is 10.4 Å². The molecule has 1 aromatic heterocycles. The number of halogens is 1. The van der Waals surface area contributed by atoms with Crippen LogP contribution in [0.2, 0.25) is 0 Å². The van der Waals surface area contributed by atoms with Gasteiger partial charge < -0.3 is 4.57 Å². The third-order valence-electron chi connectivity index (χ3n) is 3.70. The van der Waals surface area contributed by atoms with E-state index in [0.717, 1.165) is 27.4 Å². The predicted molar refractivity (Wildman–Crippen MR) is 106 cm³/mol. The van der Waals surface area contributed by atoms with Gasteiger partial charge in [-0.3, -0.25) is 4.79 Å². The van der Waals surface area contributed by atoms with Crippen LogP contribution in [0.25, 0.3) is 10.2 Å². The molecule has 0 atom stereocenters. The zero-order valence-electron chi connectivity index (χ0n) is 13.9. The Morgan fingerprint density at radius 1 is 1.20 bits per heavy atom. The molecule has 0 radical (unpaired) electrons. The summed E-state index contributed by atoms with van der Waals surface area (Å²) in [6, 6.07) is 12.1. The number of rotatable bonds is 5. The number of thioether (sulfide) groups is 2. The molecule has 25 heavy (non-hydrogen) atoms. The fourth-order valence-electron chi connectivity index (χ4n) is 2.42. The largest absolute Gasteiger partial charge is 0.316 e. The highest BCUT2D eigenvalue weighted by molar-refractivity contribution is 7.98. The molecule has 0 saturated carbocycles. The Balaban J connectivity index is 2.05. The summed E-state index contributed by atoms with van der Waals surface area (Å²) in [7, 11) is 0. The maximum atomic E-state index is 13.5. The molecule has 0 saturated heterocycles. The monoisotopic (exact) mass is 392 g/mol. The average Bonchev–Trinajstić information content (AvgIpc) is 2.95. The molecule has 0 aliphatic rings. The molecule has 7 heteroatoms. The summed E-state index contributed by atoms with van der Waals surface area (Å²) >= 11 is 4.69. The van der Waals surface area contributed by atoms with Crippen molar-refractivity contribution in [1.82, 2.24) is 4.57 Å². The first kappa shape index (κ1) is 18.2. The standard InChI is InChI=1S/C18H17FN2OS3/c1-23-10-9-21-15-8-5-13(19)11-16(15)25-18(21)20-17(22)12-3-6-14(24-2)7-4-12/h3-8,11H,9-10H2,1-2H3. The molecular weight excluding hydrogens is 375 g/mol. The van der Waals surface area contributed by atoms with Crippen LogP contribution in [0, 0.1) is 5.82 Å². The summed E-state index contributed by atoms with van der Waals surface area (Å²) in [4.78, 5) is 18.5. The van der Waals surface area contributed by atoms with Crippen LogP contribution in [0.15, 0.2) is 52.4 Å². The number of nitrogens with zero attached hydrogens (tertiary/aromatic N) is 2. The normalized spacial score (nSPS) is 12.0. The Labute approximate surface area is 158 Å². The van der Waals surface area contributed by atoms with Crippen LogP contribution >= 0.6 is 34.9 Å². The molecule has 3 aromatic rings. The first-order valence-electron chi connectivity index (χ1n) is 7.63. The zero-order valence-corrected chi connectivity index (χ0v) is 16.3. The number of carbonyl (C=O) groups excluding carboxylic acids is 1. The van der Waals surface area contributed by atoms with E-state index in [4.69, 9.17) is 0 Å². The molecule has 0 N–H and O–H groups in total. The quantitative estimate of drug-likeness (QED) is 0.592. The highest BCUT2D eigenvalue weighted by Crippen LogP contribution is 2.19. The van der Waals surface area contributed by atoms with Crippen LogP contribution in [-0.4, -0.2) is 28.7 Å². The molecule has 0 unspecified atom stereocenters. The highest BCUT2D eigenvalue weighted by Gasteiger charge is 2.10. The van der Waals surface area contributed by atoms with E-state index in [2.05, 4.69) is 4.99 Å². The van der Waals surface area contributed by atoms with Crippen LogP contribution in [0.5, 0.6) is 0 Å². The number of aryl methyl sites for hydroxylation is 1. The number of hydrogen-bond acceptors (Lipinski definition) is 4. The van der Waals surface area contributed by atoms with Gasteiger partial charge in [-0.2, -0.15) is 16.8 Å². The first-order chi connectivity index (χ1) is 12.1. The van der Waals surface area contributed by atoms with Crippen molar-refractivity contribution < 1.29 is 9.18 Å². The van der Waals surface area contributed by atoms with Gasteiger partial charge in [-0.25, -0.2) is 4.39 Å². The summed E-state index contributed by atoms with van der Waals surface area (Å²) in [6.45, 7) is 0.727. The number of benzene rings is 2. The van der Waals surface area contributed by atoms with Gasteiger partial charge in [-0.05, 0) is 55.0 Å². The minimum atomic E-state index is -0.281. The molecule has 3 rings (SSSR count). The smallest absolute Gasteiger partial charge is 0.279 e. The summed E-state index contributed by atoms with van der Waals surface area (Å²) in [5.74, 6) is 0.335. The van der Waals surface area contributed by atoms with E-state index in [1.54, 1.807) is 41.7 Å². The second-order valence-corrected chi connectivity index (χ2v) is 8.16. The Morgan fingerprint density at radius 3 is 2.64 bits per heavy atom. The molecule has 2 aromatic carbocycles. The summed E-state index contributed by atoms with van der Waals surface area (Å²) in [5.41, 5.74) is 1.46. The maximum absolute atomic E-state index is 13.5. The number of aromatic nitrogens is 1. The molecule has 130 valence electrons. The van der Waals surface area contributed by atoms with Gasteiger partial charge in [0.1, 0.15) is 5.82 Å². The van der Waals surface area contributed by atoms with Gasteiger partial charge in [0, 0.05) is 22.8 Å². The molecule has 1 amide bonds. The Bertz CT molecular complexity index is 961. The predicted octanol–water partition coefficient (Wildman–Crippen LogP) is 4.67. The van der Waals surface area contributed by atoms with E-state index >= 15 is 0 Å². The van der Waals surface area contributed by atoms with Gasteiger partial charge in [0.25, 0.3) is 5.91 Å². The van der Waals surface area contributed by atoms with Gasteiger partial charge in [0.05, 0.1) is 10.2 Å². The maximum Gasteiger partial charge on any atom is 0.279 e. The fraction of sp³-hybridized carbons (Fsp3) is 0.222. The Kier molecular flexibility index (Phi) is 5.98. The molecule has 0 aliphatic heterocycles. The lowest BCUT2D eigenvalue weighted by atomic mass is 10.2. The van der Waals surface area contributed by atoms with Crippen molar-refractivity contribution in [2.75, 3.05) is 18.3 Å². The second-order valence-electron chi connectivity index (χ2n) is 5.29. The van der Waals surface area contributed by atoms with Gasteiger partial charge in [0.2, 0.25) is 0 Å². The molecule has 3 nitrogen and oxygen atoms in total. The lowest BCUT2D eigenvalue weighted by molar-refractivity contribution is 0.0998. The van der Waals surface area contributed by atoms with Gasteiger partial charge in [0.15, 0.2) is 4.80 Å². The van der Waals surface area contributed by atoms with Crippen molar-refractivity contribution in [3.8, 4) is 0 Å². The zero-order chi connectivity index (χ0) is 17.8. The van der Waals surface area contributed by atoms with Crippen molar-refractivity contribution >= 4 is 51.0 Å². The summed E-state index contributed by atoms with van der Waals surface area (Å²) < 4.78 is 16.3.